The molecule has 1 saturated heterocycles. The Hall–Kier alpha value is -2.31. The Kier molecular flexibility index (Phi) is 7.21. The highest BCUT2D eigenvalue weighted by Gasteiger charge is 2.48. The van der Waals surface area contributed by atoms with Crippen LogP contribution < -0.4 is 0 Å². The number of likely N-dealkylation sites (tertiary alicyclic amines) is 1. The summed E-state index contributed by atoms with van der Waals surface area (Å²) in [7, 11) is 2.23. The second-order valence-corrected chi connectivity index (χ2v) is 9.84. The highest BCUT2D eigenvalue weighted by atomic mass is 16.6. The largest absolute Gasteiger partial charge is 0.454 e. The number of likely N-dealkylation sites (N-methyl/N-ethyl adjacent to an activating group) is 1. The average molecular weight is 439 g/mol. The fourth-order valence-corrected chi connectivity index (χ4v) is 5.50. The highest BCUT2D eigenvalue weighted by Crippen LogP contribution is 2.41. The number of carbonyl (C=O) groups is 1. The number of carbonyl (C=O) groups excluding carboxylic acids is 1. The van der Waals surface area contributed by atoms with Gasteiger partial charge in [0.25, 0.3) is 0 Å². The molecule has 6 heteroatoms. The number of hydrogen-bond acceptors (Lipinski definition) is 5. The van der Waals surface area contributed by atoms with E-state index in [1.807, 2.05) is 36.4 Å². The van der Waals surface area contributed by atoms with Gasteiger partial charge in [-0.3, -0.25) is 0 Å². The van der Waals surface area contributed by atoms with Crippen molar-refractivity contribution in [1.82, 2.24) is 9.97 Å². The van der Waals surface area contributed by atoms with Gasteiger partial charge < -0.3 is 14.3 Å². The number of aliphatic hydroxyl groups is 1. The Balaban J connectivity index is 1.45. The van der Waals surface area contributed by atoms with E-state index in [1.54, 1.807) is 12.5 Å². The summed E-state index contributed by atoms with van der Waals surface area (Å²) < 4.78 is 6.92. The Morgan fingerprint density at radius 3 is 2.62 bits per heavy atom. The minimum Gasteiger partial charge on any atom is -0.454 e. The maximum absolute atomic E-state index is 13.5. The van der Waals surface area contributed by atoms with Crippen LogP contribution in [0.2, 0.25) is 0 Å². The van der Waals surface area contributed by atoms with Gasteiger partial charge in [-0.1, -0.05) is 49.6 Å². The van der Waals surface area contributed by atoms with Crippen LogP contribution in [0.1, 0.15) is 56.2 Å². The zero-order valence-corrected chi connectivity index (χ0v) is 19.2. The van der Waals surface area contributed by atoms with E-state index in [0.717, 1.165) is 74.8 Å². The number of rotatable bonds is 7. The third-order valence-electron chi connectivity index (χ3n) is 7.41. The molecule has 2 aliphatic rings. The van der Waals surface area contributed by atoms with Crippen LogP contribution in [0.4, 0.5) is 0 Å². The molecule has 2 fully saturated rings. The zero-order valence-electron chi connectivity index (χ0n) is 19.2. The molecule has 3 atom stereocenters. The first kappa shape index (κ1) is 22.9. The predicted molar refractivity (Wildman–Crippen MR) is 123 cm³/mol. The van der Waals surface area contributed by atoms with Crippen molar-refractivity contribution in [3.05, 3.63) is 60.2 Å². The van der Waals surface area contributed by atoms with Crippen LogP contribution in [0.25, 0.3) is 0 Å². The van der Waals surface area contributed by atoms with E-state index in [-0.39, 0.29) is 12.0 Å². The Bertz CT molecular complexity index is 872. The van der Waals surface area contributed by atoms with Crippen molar-refractivity contribution in [2.75, 3.05) is 26.7 Å². The maximum Gasteiger partial charge on any atom is 0.343 e. The lowest BCUT2D eigenvalue weighted by molar-refractivity contribution is -0.916. The highest BCUT2D eigenvalue weighted by molar-refractivity contribution is 5.81. The van der Waals surface area contributed by atoms with Gasteiger partial charge in [0, 0.05) is 30.7 Å². The topological polar surface area (TPSA) is 72.3 Å². The van der Waals surface area contributed by atoms with E-state index in [9.17, 15) is 9.90 Å². The molecule has 1 aliphatic carbocycles. The van der Waals surface area contributed by atoms with E-state index in [0.29, 0.717) is 5.56 Å². The van der Waals surface area contributed by atoms with E-state index >= 15 is 0 Å². The fourth-order valence-electron chi connectivity index (χ4n) is 5.50. The van der Waals surface area contributed by atoms with Crippen LogP contribution in [0.3, 0.4) is 0 Å². The van der Waals surface area contributed by atoms with Crippen LogP contribution >= 0.6 is 0 Å². The summed E-state index contributed by atoms with van der Waals surface area (Å²) in [6.07, 6.45) is 10.9. The van der Waals surface area contributed by atoms with Gasteiger partial charge in [-0.2, -0.15) is 0 Å². The molecule has 1 N–H and O–H groups in total. The molecule has 0 spiro atoms. The van der Waals surface area contributed by atoms with Gasteiger partial charge in [0.2, 0.25) is 0 Å². The number of nitrogens with zero attached hydrogens (tertiary/aromatic N) is 3. The zero-order chi connectivity index (χ0) is 22.4. The van der Waals surface area contributed by atoms with Gasteiger partial charge in [-0.05, 0) is 30.9 Å². The third-order valence-corrected chi connectivity index (χ3v) is 7.41. The monoisotopic (exact) mass is 438 g/mol. The fraction of sp³-hybridized carbons (Fsp3) is 0.577. The normalized spacial score (nSPS) is 26.2. The van der Waals surface area contributed by atoms with Crippen molar-refractivity contribution >= 4 is 5.97 Å². The van der Waals surface area contributed by atoms with Crippen molar-refractivity contribution in [2.24, 2.45) is 5.92 Å². The molecule has 0 bridgehead atoms. The lowest BCUT2D eigenvalue weighted by Gasteiger charge is -2.42. The van der Waals surface area contributed by atoms with Crippen molar-refractivity contribution in [3.63, 3.8) is 0 Å². The number of benzene rings is 1. The second-order valence-electron chi connectivity index (χ2n) is 9.84. The molecule has 1 aliphatic heterocycles. The van der Waals surface area contributed by atoms with Crippen LogP contribution in [-0.2, 0) is 21.6 Å². The molecule has 1 saturated carbocycles. The first-order valence-electron chi connectivity index (χ1n) is 12.1. The van der Waals surface area contributed by atoms with E-state index in [2.05, 4.69) is 17.0 Å². The summed E-state index contributed by atoms with van der Waals surface area (Å²) in [5.74, 6) is -0.557. The number of piperidine rings is 1. The van der Waals surface area contributed by atoms with Crippen LogP contribution in [0.5, 0.6) is 0 Å². The number of esters is 1. The quantitative estimate of drug-likeness (QED) is 0.528. The minimum absolute atomic E-state index is 0.0895. The third kappa shape index (κ3) is 5.18. The van der Waals surface area contributed by atoms with Crippen molar-refractivity contribution in [1.29, 1.82) is 0 Å². The van der Waals surface area contributed by atoms with Gasteiger partial charge in [0.15, 0.2) is 11.7 Å². The summed E-state index contributed by atoms with van der Waals surface area (Å²) in [6.45, 7) is 2.77. The Labute approximate surface area is 191 Å². The smallest absolute Gasteiger partial charge is 0.343 e. The standard InChI is InChI=1S/C26H36N3O3/c1-29(18-15-23-14-16-27-20-28-23)17-8-13-24(19-29)32-25(30)26(31,21-9-4-2-5-10-21)22-11-6-3-7-12-22/h2,4-5,9-10,14,16,20,22,24,31H,3,6-8,11-13,15,17-19H2,1H3/q+1/t24?,26-,29?/m0/s1. The van der Waals surface area contributed by atoms with Gasteiger partial charge in [-0.25, -0.2) is 14.8 Å². The Morgan fingerprint density at radius 1 is 1.12 bits per heavy atom. The first-order chi connectivity index (χ1) is 15.5. The number of aromatic nitrogens is 2. The van der Waals surface area contributed by atoms with Crippen molar-refractivity contribution < 1.29 is 19.1 Å². The van der Waals surface area contributed by atoms with Crippen LogP contribution in [-0.4, -0.2) is 58.3 Å². The van der Waals surface area contributed by atoms with Gasteiger partial charge in [0.1, 0.15) is 12.9 Å². The molecule has 2 unspecified atom stereocenters. The molecule has 1 aromatic heterocycles. The number of ether oxygens (including phenoxy) is 1. The molecule has 32 heavy (non-hydrogen) atoms. The molecule has 172 valence electrons. The summed E-state index contributed by atoms with van der Waals surface area (Å²) in [5, 5.41) is 11.8. The molecule has 2 heterocycles. The van der Waals surface area contributed by atoms with Gasteiger partial charge in [0.05, 0.1) is 20.1 Å². The van der Waals surface area contributed by atoms with E-state index in [1.165, 1.54) is 6.42 Å². The SMILES string of the molecule is C[N+]1(CCc2ccncn2)CCCC(OC(=O)[C@](O)(c2ccccc2)C2CCCCC2)C1. The lowest BCUT2D eigenvalue weighted by Crippen LogP contribution is -2.56. The molecule has 0 radical (unpaired) electrons. The number of hydrogen-bond donors (Lipinski definition) is 1. The summed E-state index contributed by atoms with van der Waals surface area (Å²) >= 11 is 0. The molecular weight excluding hydrogens is 402 g/mol. The maximum atomic E-state index is 13.5. The van der Waals surface area contributed by atoms with E-state index < -0.39 is 11.6 Å². The molecule has 6 nitrogen and oxygen atoms in total. The molecule has 4 rings (SSSR count). The van der Waals surface area contributed by atoms with Crippen molar-refractivity contribution in [2.45, 2.75) is 63.1 Å². The summed E-state index contributed by atoms with van der Waals surface area (Å²) in [4.78, 5) is 21.9. The van der Waals surface area contributed by atoms with Crippen molar-refractivity contribution in [3.8, 4) is 0 Å². The molecule has 0 amide bonds. The lowest BCUT2D eigenvalue weighted by atomic mass is 9.73. The molecule has 2 aromatic rings. The van der Waals surface area contributed by atoms with E-state index in [4.69, 9.17) is 4.74 Å². The number of quaternary nitrogens is 1. The van der Waals surface area contributed by atoms with Gasteiger partial charge >= 0.3 is 5.97 Å². The summed E-state index contributed by atoms with van der Waals surface area (Å²) in [6, 6.07) is 11.4. The second kappa shape index (κ2) is 10.1. The average Bonchev–Trinajstić information content (AvgIpc) is 2.84. The van der Waals surface area contributed by atoms with Crippen LogP contribution in [0, 0.1) is 5.92 Å². The predicted octanol–water partition coefficient (Wildman–Crippen LogP) is 3.64. The minimum atomic E-state index is -1.57. The first-order valence-corrected chi connectivity index (χ1v) is 12.1. The summed E-state index contributed by atoms with van der Waals surface area (Å²) in [5.41, 5.74) is 0.131. The van der Waals surface area contributed by atoms with Gasteiger partial charge in [-0.15, -0.1) is 0 Å². The molecule has 1 aromatic carbocycles. The van der Waals surface area contributed by atoms with Crippen LogP contribution in [0.15, 0.2) is 48.9 Å². The Morgan fingerprint density at radius 2 is 1.91 bits per heavy atom. The molecular formula is C26H36N3O3+.